The molecular formula is C24H19F2N3O4S. The van der Waals surface area contributed by atoms with Gasteiger partial charge in [-0.05, 0) is 60.4 Å². The number of amides is 1. The number of aromatic nitrogens is 1. The number of Topliss-reactive ketones (excluding diaryl/α,β-unsaturated/α-hetero) is 1. The van der Waals surface area contributed by atoms with Crippen LogP contribution in [0.2, 0.25) is 0 Å². The molecule has 5 rings (SSSR count). The van der Waals surface area contributed by atoms with Gasteiger partial charge in [-0.25, -0.2) is 17.2 Å². The Hall–Kier alpha value is -3.66. The molecule has 1 heterocycles. The third-order valence-electron chi connectivity index (χ3n) is 6.47. The summed E-state index contributed by atoms with van der Waals surface area (Å²) in [7, 11) is -4.41. The summed E-state index contributed by atoms with van der Waals surface area (Å²) in [6.07, 6.45) is 5.20. The van der Waals surface area contributed by atoms with Gasteiger partial charge in [-0.2, -0.15) is 0 Å². The summed E-state index contributed by atoms with van der Waals surface area (Å²) >= 11 is 0. The van der Waals surface area contributed by atoms with Gasteiger partial charge in [-0.3, -0.25) is 19.3 Å². The lowest BCUT2D eigenvalue weighted by Crippen LogP contribution is -2.39. The van der Waals surface area contributed by atoms with Gasteiger partial charge in [0.25, 0.3) is 15.9 Å². The Labute approximate surface area is 194 Å². The highest BCUT2D eigenvalue weighted by Crippen LogP contribution is 2.52. The van der Waals surface area contributed by atoms with E-state index in [1.807, 2.05) is 0 Å². The van der Waals surface area contributed by atoms with Crippen molar-refractivity contribution >= 4 is 33.1 Å². The number of rotatable bonds is 5. The van der Waals surface area contributed by atoms with Crippen molar-refractivity contribution in [1.29, 1.82) is 0 Å². The van der Waals surface area contributed by atoms with Crippen molar-refractivity contribution in [3.63, 3.8) is 0 Å². The van der Waals surface area contributed by atoms with E-state index in [4.69, 9.17) is 0 Å². The Morgan fingerprint density at radius 3 is 2.41 bits per heavy atom. The molecule has 0 radical (unpaired) electrons. The zero-order chi connectivity index (χ0) is 24.1. The van der Waals surface area contributed by atoms with E-state index in [9.17, 15) is 26.8 Å². The number of nitrogens with zero attached hydrogens (tertiary/aromatic N) is 1. The molecule has 0 bridgehead atoms. The fraction of sp³-hybridized carbons (Fsp3) is 0.208. The molecule has 7 nitrogen and oxygen atoms in total. The number of fused-ring (bicyclic) bond motifs is 2. The smallest absolute Gasteiger partial charge is 0.264 e. The van der Waals surface area contributed by atoms with E-state index in [-0.39, 0.29) is 17.9 Å². The number of ketones is 1. The van der Waals surface area contributed by atoms with E-state index in [0.29, 0.717) is 41.3 Å². The number of sulfonamides is 1. The van der Waals surface area contributed by atoms with Crippen LogP contribution in [0.3, 0.4) is 0 Å². The van der Waals surface area contributed by atoms with Crippen LogP contribution < -0.4 is 10.0 Å². The number of anilines is 2. The summed E-state index contributed by atoms with van der Waals surface area (Å²) in [5.74, 6) is -2.56. The van der Waals surface area contributed by atoms with Crippen molar-refractivity contribution in [2.75, 3.05) is 10.0 Å². The summed E-state index contributed by atoms with van der Waals surface area (Å²) in [4.78, 5) is 28.8. The highest BCUT2D eigenvalue weighted by atomic mass is 32.2. The molecule has 0 unspecified atom stereocenters. The molecule has 34 heavy (non-hydrogen) atoms. The van der Waals surface area contributed by atoms with Crippen molar-refractivity contribution in [2.24, 2.45) is 0 Å². The molecule has 2 N–H and O–H groups in total. The van der Waals surface area contributed by atoms with Crippen LogP contribution in [0.1, 0.15) is 40.7 Å². The molecule has 1 fully saturated rings. The largest absolute Gasteiger partial charge is 0.322 e. The number of hydrogen-bond donors (Lipinski definition) is 2. The molecule has 174 valence electrons. The first-order valence-corrected chi connectivity index (χ1v) is 12.1. The lowest BCUT2D eigenvalue weighted by Gasteiger charge is -2.37. The molecule has 2 aromatic carbocycles. The minimum atomic E-state index is -4.41. The van der Waals surface area contributed by atoms with Crippen LogP contribution in [-0.2, 0) is 26.7 Å². The summed E-state index contributed by atoms with van der Waals surface area (Å²) in [6, 6.07) is 8.20. The highest BCUT2D eigenvalue weighted by molar-refractivity contribution is 7.92. The maximum absolute atomic E-state index is 14.2. The van der Waals surface area contributed by atoms with E-state index >= 15 is 0 Å². The van der Waals surface area contributed by atoms with Gasteiger partial charge in [0.1, 0.15) is 22.3 Å². The minimum absolute atomic E-state index is 0.0257. The van der Waals surface area contributed by atoms with Gasteiger partial charge in [-0.15, -0.1) is 0 Å². The average molecular weight is 483 g/mol. The molecule has 1 amide bonds. The molecule has 0 aliphatic heterocycles. The van der Waals surface area contributed by atoms with E-state index in [0.717, 1.165) is 18.6 Å². The van der Waals surface area contributed by atoms with Crippen LogP contribution in [0.25, 0.3) is 0 Å². The second kappa shape index (κ2) is 7.98. The first-order chi connectivity index (χ1) is 16.2. The van der Waals surface area contributed by atoms with Crippen LogP contribution >= 0.6 is 0 Å². The van der Waals surface area contributed by atoms with Crippen LogP contribution in [-0.4, -0.2) is 25.1 Å². The Morgan fingerprint density at radius 1 is 1.03 bits per heavy atom. The quantitative estimate of drug-likeness (QED) is 0.572. The van der Waals surface area contributed by atoms with Crippen molar-refractivity contribution in [1.82, 2.24) is 4.98 Å². The second-order valence-corrected chi connectivity index (χ2v) is 10.1. The topological polar surface area (TPSA) is 105 Å². The van der Waals surface area contributed by atoms with Crippen LogP contribution in [0, 0.1) is 11.6 Å². The van der Waals surface area contributed by atoms with E-state index in [1.54, 1.807) is 6.07 Å². The molecular weight excluding hydrogens is 464 g/mol. The number of pyridine rings is 1. The van der Waals surface area contributed by atoms with Gasteiger partial charge in [-0.1, -0.05) is 6.42 Å². The molecule has 1 spiro atoms. The molecule has 2 aliphatic carbocycles. The third kappa shape index (κ3) is 3.63. The first kappa shape index (κ1) is 22.1. The average Bonchev–Trinajstić information content (AvgIpc) is 3.06. The van der Waals surface area contributed by atoms with Crippen LogP contribution in [0.15, 0.2) is 59.8 Å². The number of nitrogens with one attached hydrogen (secondary N) is 2. The predicted molar refractivity (Wildman–Crippen MR) is 120 cm³/mol. The number of carbonyl (C=O) groups is 2. The third-order valence-corrected chi connectivity index (χ3v) is 7.88. The summed E-state index contributed by atoms with van der Waals surface area (Å²) in [5, 5.41) is 2.77. The zero-order valence-corrected chi connectivity index (χ0v) is 18.6. The van der Waals surface area contributed by atoms with E-state index < -0.39 is 37.9 Å². The fourth-order valence-electron chi connectivity index (χ4n) is 4.62. The predicted octanol–water partition coefficient (Wildman–Crippen LogP) is 3.96. The van der Waals surface area contributed by atoms with Crippen LogP contribution in [0.5, 0.6) is 0 Å². The van der Waals surface area contributed by atoms with Gasteiger partial charge in [0.15, 0.2) is 0 Å². The zero-order valence-electron chi connectivity index (χ0n) is 17.8. The van der Waals surface area contributed by atoms with E-state index in [2.05, 4.69) is 15.0 Å². The maximum atomic E-state index is 14.2. The van der Waals surface area contributed by atoms with Crippen molar-refractivity contribution in [3.05, 3.63) is 83.2 Å². The fourth-order valence-corrected chi connectivity index (χ4v) is 5.72. The Morgan fingerprint density at radius 2 is 1.76 bits per heavy atom. The van der Waals surface area contributed by atoms with Crippen molar-refractivity contribution < 1.29 is 26.8 Å². The van der Waals surface area contributed by atoms with Gasteiger partial charge >= 0.3 is 0 Å². The SMILES string of the molecule is O=C(Nc1cc(NS(=O)(=O)c2ccc(F)cc2F)cc2c1CC(=O)C21CCC1)c1ccncc1. The standard InChI is InChI=1S/C24H19F2N3O4S/c25-15-2-3-21(19(26)10-15)34(32,33)29-16-11-18-17(13-22(30)24(18)6-1-7-24)20(12-16)28-23(31)14-4-8-27-9-5-14/h2-5,8-12,29H,1,6-7,13H2,(H,28,31). The van der Waals surface area contributed by atoms with Gasteiger partial charge in [0, 0.05) is 36.1 Å². The number of hydrogen-bond acceptors (Lipinski definition) is 5. The molecule has 3 aromatic rings. The van der Waals surface area contributed by atoms with Gasteiger partial charge in [0.05, 0.1) is 11.1 Å². The maximum Gasteiger partial charge on any atom is 0.264 e. The Kier molecular flexibility index (Phi) is 5.20. The van der Waals surface area contributed by atoms with E-state index in [1.165, 1.54) is 30.6 Å². The minimum Gasteiger partial charge on any atom is -0.322 e. The number of carbonyl (C=O) groups excluding carboxylic acids is 2. The van der Waals surface area contributed by atoms with Crippen molar-refractivity contribution in [2.45, 2.75) is 36.0 Å². The van der Waals surface area contributed by atoms with Crippen LogP contribution in [0.4, 0.5) is 20.2 Å². The first-order valence-electron chi connectivity index (χ1n) is 10.6. The monoisotopic (exact) mass is 483 g/mol. The Bertz CT molecular complexity index is 1440. The molecule has 1 saturated carbocycles. The summed E-state index contributed by atoms with van der Waals surface area (Å²) in [6.45, 7) is 0. The highest BCUT2D eigenvalue weighted by Gasteiger charge is 2.51. The Balaban J connectivity index is 1.56. The summed E-state index contributed by atoms with van der Waals surface area (Å²) in [5.41, 5.74) is 1.30. The number of benzene rings is 2. The lowest BCUT2D eigenvalue weighted by atomic mass is 9.64. The van der Waals surface area contributed by atoms with Crippen molar-refractivity contribution in [3.8, 4) is 0 Å². The molecule has 1 aromatic heterocycles. The lowest BCUT2D eigenvalue weighted by molar-refractivity contribution is -0.125. The molecule has 0 atom stereocenters. The van der Waals surface area contributed by atoms with Gasteiger partial charge < -0.3 is 5.32 Å². The summed E-state index contributed by atoms with van der Waals surface area (Å²) < 4.78 is 55.5. The van der Waals surface area contributed by atoms with Gasteiger partial charge in [0.2, 0.25) is 0 Å². The normalized spacial score (nSPS) is 16.1. The molecule has 2 aliphatic rings. The molecule has 0 saturated heterocycles. The second-order valence-electron chi connectivity index (χ2n) is 8.46. The molecule has 10 heteroatoms. The number of halogens is 2.